The molecule has 0 bridgehead atoms. The summed E-state index contributed by atoms with van der Waals surface area (Å²) in [5.74, 6) is -0.171. The number of carbonyl (C=O) groups excluding carboxylic acids is 1. The standard InChI is InChI=1S/C22H17ClF3N3O3/c23-18-13-19(20(29(31)32)12-17(18)22(24,25)26)27-7-9-28(10-8-27)21(30)16-6-5-14-3-1-2-4-15(14)11-16/h1-6,11-13H,7-10H2. The van der Waals surface area contributed by atoms with Crippen LogP contribution < -0.4 is 4.90 Å². The van der Waals surface area contributed by atoms with Crippen molar-refractivity contribution >= 4 is 39.7 Å². The Labute approximate surface area is 185 Å². The summed E-state index contributed by atoms with van der Waals surface area (Å²) in [6.45, 7) is 0.979. The summed E-state index contributed by atoms with van der Waals surface area (Å²) in [6, 6.07) is 14.5. The lowest BCUT2D eigenvalue weighted by Gasteiger charge is -2.36. The molecule has 1 fully saturated rings. The number of fused-ring (bicyclic) bond motifs is 1. The van der Waals surface area contributed by atoms with Crippen molar-refractivity contribution in [1.82, 2.24) is 4.90 Å². The van der Waals surface area contributed by atoms with Gasteiger partial charge in [0.2, 0.25) is 0 Å². The average Bonchev–Trinajstić information content (AvgIpc) is 2.77. The molecule has 0 atom stereocenters. The first-order valence-electron chi connectivity index (χ1n) is 9.73. The third-order valence-corrected chi connectivity index (χ3v) is 5.78. The van der Waals surface area contributed by atoms with Crippen LogP contribution in [0.3, 0.4) is 0 Å². The SMILES string of the molecule is O=C(c1ccc2ccccc2c1)N1CCN(c2cc(Cl)c(C(F)(F)F)cc2[N+](=O)[O-])CC1. The topological polar surface area (TPSA) is 66.7 Å². The van der Waals surface area contributed by atoms with Crippen LogP contribution in [-0.4, -0.2) is 41.9 Å². The van der Waals surface area contributed by atoms with Gasteiger partial charge in [0.1, 0.15) is 5.69 Å². The number of amides is 1. The second-order valence-corrected chi connectivity index (χ2v) is 7.82. The van der Waals surface area contributed by atoms with Crippen LogP contribution >= 0.6 is 11.6 Å². The number of anilines is 1. The fourth-order valence-corrected chi connectivity index (χ4v) is 4.09. The Kier molecular flexibility index (Phi) is 5.68. The van der Waals surface area contributed by atoms with Gasteiger partial charge in [-0.1, -0.05) is 41.9 Å². The molecule has 0 radical (unpaired) electrons. The van der Waals surface area contributed by atoms with E-state index in [0.717, 1.165) is 16.8 Å². The maximum Gasteiger partial charge on any atom is 0.418 e. The van der Waals surface area contributed by atoms with E-state index >= 15 is 0 Å². The van der Waals surface area contributed by atoms with Gasteiger partial charge in [0.25, 0.3) is 11.6 Å². The fourth-order valence-electron chi connectivity index (χ4n) is 3.82. The second-order valence-electron chi connectivity index (χ2n) is 7.42. The minimum absolute atomic E-state index is 0.00537. The molecule has 3 aromatic rings. The highest BCUT2D eigenvalue weighted by atomic mass is 35.5. The van der Waals surface area contributed by atoms with E-state index in [4.69, 9.17) is 11.6 Å². The molecule has 0 saturated carbocycles. The van der Waals surface area contributed by atoms with Gasteiger partial charge in [0, 0.05) is 37.8 Å². The Hall–Kier alpha value is -3.33. The minimum atomic E-state index is -4.80. The van der Waals surface area contributed by atoms with Crippen molar-refractivity contribution in [3.8, 4) is 0 Å². The third-order valence-electron chi connectivity index (χ3n) is 5.47. The lowest BCUT2D eigenvalue weighted by Crippen LogP contribution is -2.49. The Morgan fingerprint density at radius 3 is 2.25 bits per heavy atom. The first kappa shape index (κ1) is 21.9. The Balaban J connectivity index is 1.53. The largest absolute Gasteiger partial charge is 0.418 e. The van der Waals surface area contributed by atoms with E-state index in [1.54, 1.807) is 15.9 Å². The Morgan fingerprint density at radius 2 is 1.62 bits per heavy atom. The van der Waals surface area contributed by atoms with E-state index < -0.39 is 27.4 Å². The van der Waals surface area contributed by atoms with Crippen LogP contribution in [0.2, 0.25) is 5.02 Å². The first-order chi connectivity index (χ1) is 15.1. The quantitative estimate of drug-likeness (QED) is 0.386. The molecule has 6 nitrogen and oxygen atoms in total. The minimum Gasteiger partial charge on any atom is -0.362 e. The van der Waals surface area contributed by atoms with Gasteiger partial charge < -0.3 is 9.80 Å². The van der Waals surface area contributed by atoms with Crippen molar-refractivity contribution in [2.24, 2.45) is 0 Å². The molecule has 0 N–H and O–H groups in total. The molecule has 4 rings (SSSR count). The summed E-state index contributed by atoms with van der Waals surface area (Å²) in [6.07, 6.45) is -4.80. The van der Waals surface area contributed by atoms with Gasteiger partial charge in [-0.25, -0.2) is 0 Å². The lowest BCUT2D eigenvalue weighted by atomic mass is 10.1. The molecule has 10 heteroatoms. The van der Waals surface area contributed by atoms with Gasteiger partial charge in [0.05, 0.1) is 15.5 Å². The average molecular weight is 464 g/mol. The molecule has 1 amide bonds. The molecule has 0 unspecified atom stereocenters. The number of hydrogen-bond donors (Lipinski definition) is 0. The molecule has 0 aromatic heterocycles. The van der Waals surface area contributed by atoms with E-state index in [2.05, 4.69) is 0 Å². The number of nitrogens with zero attached hydrogens (tertiary/aromatic N) is 3. The van der Waals surface area contributed by atoms with Crippen molar-refractivity contribution in [3.63, 3.8) is 0 Å². The number of piperazine rings is 1. The number of hydrogen-bond acceptors (Lipinski definition) is 4. The van der Waals surface area contributed by atoms with Crippen LogP contribution in [-0.2, 0) is 6.18 Å². The number of nitro groups is 1. The second kappa shape index (κ2) is 8.31. The highest BCUT2D eigenvalue weighted by Gasteiger charge is 2.37. The van der Waals surface area contributed by atoms with E-state index in [1.807, 2.05) is 36.4 Å². The maximum absolute atomic E-state index is 13.1. The smallest absolute Gasteiger partial charge is 0.362 e. The van der Waals surface area contributed by atoms with Gasteiger partial charge in [-0.15, -0.1) is 0 Å². The number of benzene rings is 3. The van der Waals surface area contributed by atoms with Gasteiger partial charge in [-0.2, -0.15) is 13.2 Å². The highest BCUT2D eigenvalue weighted by Crippen LogP contribution is 2.41. The van der Waals surface area contributed by atoms with E-state index in [9.17, 15) is 28.1 Å². The molecule has 1 aliphatic rings. The lowest BCUT2D eigenvalue weighted by molar-refractivity contribution is -0.384. The molecule has 166 valence electrons. The molecule has 3 aromatic carbocycles. The van der Waals surface area contributed by atoms with Gasteiger partial charge in [0.15, 0.2) is 0 Å². The summed E-state index contributed by atoms with van der Waals surface area (Å²) in [5.41, 5.74) is -1.39. The maximum atomic E-state index is 13.1. The number of nitro benzene ring substituents is 1. The molecule has 0 aliphatic carbocycles. The number of alkyl halides is 3. The predicted molar refractivity (Wildman–Crippen MR) is 115 cm³/mol. The van der Waals surface area contributed by atoms with Crippen LogP contribution in [0.4, 0.5) is 24.5 Å². The third kappa shape index (κ3) is 4.20. The van der Waals surface area contributed by atoms with Crippen molar-refractivity contribution in [3.05, 3.63) is 80.9 Å². The summed E-state index contributed by atoms with van der Waals surface area (Å²) in [4.78, 5) is 26.7. The van der Waals surface area contributed by atoms with Crippen LogP contribution in [0.5, 0.6) is 0 Å². The number of rotatable bonds is 3. The number of halogens is 4. The van der Waals surface area contributed by atoms with Crippen molar-refractivity contribution in [1.29, 1.82) is 0 Å². The van der Waals surface area contributed by atoms with E-state index in [-0.39, 0.29) is 37.8 Å². The first-order valence-corrected chi connectivity index (χ1v) is 10.1. The molecule has 1 aliphatic heterocycles. The van der Waals surface area contributed by atoms with Gasteiger partial charge >= 0.3 is 6.18 Å². The monoisotopic (exact) mass is 463 g/mol. The number of carbonyl (C=O) groups is 1. The summed E-state index contributed by atoms with van der Waals surface area (Å²) < 4.78 is 39.3. The van der Waals surface area contributed by atoms with Crippen LogP contribution in [0.15, 0.2) is 54.6 Å². The molecule has 0 spiro atoms. The van der Waals surface area contributed by atoms with Crippen LogP contribution in [0.1, 0.15) is 15.9 Å². The zero-order valence-electron chi connectivity index (χ0n) is 16.6. The summed E-state index contributed by atoms with van der Waals surface area (Å²) in [5, 5.41) is 12.8. The van der Waals surface area contributed by atoms with Crippen molar-refractivity contribution in [2.75, 3.05) is 31.1 Å². The molecule has 1 saturated heterocycles. The summed E-state index contributed by atoms with van der Waals surface area (Å²) in [7, 11) is 0. The summed E-state index contributed by atoms with van der Waals surface area (Å²) >= 11 is 5.78. The Bertz CT molecular complexity index is 1210. The highest BCUT2D eigenvalue weighted by molar-refractivity contribution is 6.31. The van der Waals surface area contributed by atoms with Crippen molar-refractivity contribution < 1.29 is 22.9 Å². The van der Waals surface area contributed by atoms with E-state index in [1.165, 1.54) is 0 Å². The molecular formula is C22H17ClF3N3O3. The normalized spacial score (nSPS) is 14.6. The van der Waals surface area contributed by atoms with Crippen LogP contribution in [0.25, 0.3) is 10.8 Å². The zero-order chi connectivity index (χ0) is 23.0. The van der Waals surface area contributed by atoms with Crippen molar-refractivity contribution in [2.45, 2.75) is 6.18 Å². The molecule has 32 heavy (non-hydrogen) atoms. The fraction of sp³-hybridized carbons (Fsp3) is 0.227. The van der Waals surface area contributed by atoms with Gasteiger partial charge in [-0.05, 0) is 29.0 Å². The Morgan fingerprint density at radius 1 is 0.969 bits per heavy atom. The molecule has 1 heterocycles. The zero-order valence-corrected chi connectivity index (χ0v) is 17.4. The molecular weight excluding hydrogens is 447 g/mol. The van der Waals surface area contributed by atoms with Gasteiger partial charge in [-0.3, -0.25) is 14.9 Å². The van der Waals surface area contributed by atoms with Crippen LogP contribution in [0, 0.1) is 10.1 Å². The predicted octanol–water partition coefficient (Wildman–Crippen LogP) is 5.38. The van der Waals surface area contributed by atoms with E-state index in [0.29, 0.717) is 11.6 Å².